The van der Waals surface area contributed by atoms with Crippen LogP contribution in [-0.4, -0.2) is 37.6 Å². The predicted molar refractivity (Wildman–Crippen MR) is 91.5 cm³/mol. The minimum Gasteiger partial charge on any atom is -0.497 e. The first kappa shape index (κ1) is 18.8. The van der Waals surface area contributed by atoms with E-state index in [0.29, 0.717) is 0 Å². The summed E-state index contributed by atoms with van der Waals surface area (Å²) in [5.74, 6) is 1.28. The van der Waals surface area contributed by atoms with Crippen molar-refractivity contribution in [1.82, 2.24) is 4.90 Å². The van der Waals surface area contributed by atoms with E-state index in [1.807, 2.05) is 24.1 Å². The van der Waals surface area contributed by atoms with E-state index in [9.17, 15) is 4.79 Å². The molecule has 0 aliphatic heterocycles. The molecule has 0 saturated heterocycles. The second kappa shape index (κ2) is 9.01. The molecule has 1 amide bonds. The van der Waals surface area contributed by atoms with E-state index < -0.39 is 0 Å². The van der Waals surface area contributed by atoms with Gasteiger partial charge in [-0.3, -0.25) is 4.79 Å². The highest BCUT2D eigenvalue weighted by molar-refractivity contribution is 5.85. The summed E-state index contributed by atoms with van der Waals surface area (Å²) in [7, 11) is 3.57. The smallest absolute Gasteiger partial charge is 0.225 e. The highest BCUT2D eigenvalue weighted by Crippen LogP contribution is 2.25. The Morgan fingerprint density at radius 2 is 2.00 bits per heavy atom. The van der Waals surface area contributed by atoms with E-state index in [1.54, 1.807) is 7.11 Å². The van der Waals surface area contributed by atoms with Crippen molar-refractivity contribution < 1.29 is 9.53 Å². The Morgan fingerprint density at radius 1 is 1.32 bits per heavy atom. The first-order valence-corrected chi connectivity index (χ1v) is 7.73. The molecule has 0 heterocycles. The number of methoxy groups -OCH3 is 1. The van der Waals surface area contributed by atoms with Crippen LogP contribution in [0.5, 0.6) is 5.75 Å². The maximum absolute atomic E-state index is 12.3. The first-order chi connectivity index (χ1) is 10.1. The average Bonchev–Trinajstić information content (AvgIpc) is 2.93. The number of nitrogens with two attached hydrogens (primary N) is 1. The highest BCUT2D eigenvalue weighted by atomic mass is 35.5. The fourth-order valence-corrected chi connectivity index (χ4v) is 2.98. The van der Waals surface area contributed by atoms with Crippen LogP contribution in [0.3, 0.4) is 0 Å². The molecule has 2 N–H and O–H groups in total. The van der Waals surface area contributed by atoms with Crippen molar-refractivity contribution in [3.05, 3.63) is 29.8 Å². The minimum absolute atomic E-state index is 0. The SMILES string of the molecule is COc1ccc(CCCN(C)C(=O)C2CCC(N)C2)cc1.Cl. The molecule has 0 bridgehead atoms. The summed E-state index contributed by atoms with van der Waals surface area (Å²) in [5, 5.41) is 0. The number of hydrogen-bond acceptors (Lipinski definition) is 3. The van der Waals surface area contributed by atoms with Gasteiger partial charge in [-0.1, -0.05) is 12.1 Å². The Morgan fingerprint density at radius 3 is 2.55 bits per heavy atom. The van der Waals surface area contributed by atoms with Gasteiger partial charge in [-0.25, -0.2) is 0 Å². The lowest BCUT2D eigenvalue weighted by Crippen LogP contribution is -2.33. The van der Waals surface area contributed by atoms with E-state index in [1.165, 1.54) is 5.56 Å². The van der Waals surface area contributed by atoms with Gasteiger partial charge in [0.15, 0.2) is 0 Å². The number of rotatable bonds is 6. The molecule has 0 aromatic heterocycles. The second-order valence-corrected chi connectivity index (χ2v) is 5.98. The summed E-state index contributed by atoms with van der Waals surface area (Å²) in [6, 6.07) is 8.33. The number of amides is 1. The van der Waals surface area contributed by atoms with Gasteiger partial charge < -0.3 is 15.4 Å². The van der Waals surface area contributed by atoms with Crippen molar-refractivity contribution in [3.63, 3.8) is 0 Å². The molecule has 1 aromatic rings. The zero-order valence-electron chi connectivity index (χ0n) is 13.5. The molecule has 1 aliphatic carbocycles. The third-order valence-corrected chi connectivity index (χ3v) is 4.32. The Labute approximate surface area is 139 Å². The predicted octanol–water partition coefficient (Wildman–Crippen LogP) is 2.64. The van der Waals surface area contributed by atoms with E-state index in [2.05, 4.69) is 12.1 Å². The summed E-state index contributed by atoms with van der Waals surface area (Å²) < 4.78 is 5.15. The van der Waals surface area contributed by atoms with Gasteiger partial charge in [-0.05, 0) is 49.8 Å². The summed E-state index contributed by atoms with van der Waals surface area (Å²) >= 11 is 0. The van der Waals surface area contributed by atoms with E-state index in [-0.39, 0.29) is 30.3 Å². The van der Waals surface area contributed by atoms with Crippen LogP contribution in [0.15, 0.2) is 24.3 Å². The van der Waals surface area contributed by atoms with Gasteiger partial charge in [0.2, 0.25) is 5.91 Å². The molecule has 2 unspecified atom stereocenters. The normalized spacial score (nSPS) is 20.3. The lowest BCUT2D eigenvalue weighted by atomic mass is 10.1. The molecule has 1 aliphatic rings. The molecule has 2 atom stereocenters. The summed E-state index contributed by atoms with van der Waals surface area (Å²) in [5.41, 5.74) is 7.16. The number of aryl methyl sites for hydroxylation is 1. The third-order valence-electron chi connectivity index (χ3n) is 4.32. The molecule has 5 heteroatoms. The monoisotopic (exact) mass is 326 g/mol. The molecular formula is C17H27ClN2O2. The average molecular weight is 327 g/mol. The number of carbonyl (C=O) groups excluding carboxylic acids is 1. The maximum atomic E-state index is 12.3. The van der Waals surface area contributed by atoms with Crippen molar-refractivity contribution in [1.29, 1.82) is 0 Å². The largest absolute Gasteiger partial charge is 0.497 e. The summed E-state index contributed by atoms with van der Waals surface area (Å²) in [4.78, 5) is 14.1. The Balaban J connectivity index is 0.00000242. The van der Waals surface area contributed by atoms with Crippen molar-refractivity contribution in [2.75, 3.05) is 20.7 Å². The minimum atomic E-state index is 0. The lowest BCUT2D eigenvalue weighted by molar-refractivity contribution is -0.134. The van der Waals surface area contributed by atoms with Crippen molar-refractivity contribution in [2.45, 2.75) is 38.1 Å². The summed E-state index contributed by atoms with van der Waals surface area (Å²) in [6.07, 6.45) is 4.74. The van der Waals surface area contributed by atoms with Gasteiger partial charge in [-0.2, -0.15) is 0 Å². The van der Waals surface area contributed by atoms with Gasteiger partial charge in [0.25, 0.3) is 0 Å². The van der Waals surface area contributed by atoms with Crippen LogP contribution in [0.1, 0.15) is 31.2 Å². The van der Waals surface area contributed by atoms with Gasteiger partial charge in [0.05, 0.1) is 7.11 Å². The number of hydrogen-bond donors (Lipinski definition) is 1. The van der Waals surface area contributed by atoms with Gasteiger partial charge in [-0.15, -0.1) is 12.4 Å². The third kappa shape index (κ3) is 5.18. The zero-order chi connectivity index (χ0) is 15.2. The fraction of sp³-hybridized carbons (Fsp3) is 0.588. The molecule has 2 rings (SSSR count). The van der Waals surface area contributed by atoms with Crippen LogP contribution in [-0.2, 0) is 11.2 Å². The molecular weight excluding hydrogens is 300 g/mol. The van der Waals surface area contributed by atoms with Gasteiger partial charge >= 0.3 is 0 Å². The molecule has 0 radical (unpaired) electrons. The van der Waals surface area contributed by atoms with Gasteiger partial charge in [0.1, 0.15) is 5.75 Å². The Hall–Kier alpha value is -1.26. The molecule has 124 valence electrons. The number of halogens is 1. The standard InChI is InChI=1S/C17H26N2O2.ClH/c1-19(17(20)14-7-8-15(18)12-14)11-3-4-13-5-9-16(21-2)10-6-13;/h5-6,9-10,14-15H,3-4,7-8,11-12,18H2,1-2H3;1H. The molecule has 22 heavy (non-hydrogen) atoms. The van der Waals surface area contributed by atoms with Crippen LogP contribution in [0, 0.1) is 5.92 Å². The zero-order valence-corrected chi connectivity index (χ0v) is 14.3. The summed E-state index contributed by atoms with van der Waals surface area (Å²) in [6.45, 7) is 0.802. The fourth-order valence-electron chi connectivity index (χ4n) is 2.98. The first-order valence-electron chi connectivity index (χ1n) is 7.73. The van der Waals surface area contributed by atoms with Crippen LogP contribution >= 0.6 is 12.4 Å². The number of nitrogens with zero attached hydrogens (tertiary/aromatic N) is 1. The van der Waals surface area contributed by atoms with Crippen LogP contribution in [0.4, 0.5) is 0 Å². The molecule has 1 aromatic carbocycles. The number of ether oxygens (including phenoxy) is 1. The number of benzene rings is 1. The molecule has 1 fully saturated rings. The highest BCUT2D eigenvalue weighted by Gasteiger charge is 2.29. The Bertz CT molecular complexity index is 464. The Kier molecular flexibility index (Phi) is 7.69. The maximum Gasteiger partial charge on any atom is 0.225 e. The number of carbonyl (C=O) groups is 1. The molecule has 0 spiro atoms. The van der Waals surface area contributed by atoms with Crippen LogP contribution in [0.2, 0.25) is 0 Å². The molecule has 1 saturated carbocycles. The second-order valence-electron chi connectivity index (χ2n) is 5.98. The van der Waals surface area contributed by atoms with Gasteiger partial charge in [0, 0.05) is 25.6 Å². The topological polar surface area (TPSA) is 55.6 Å². The quantitative estimate of drug-likeness (QED) is 0.874. The van der Waals surface area contributed by atoms with Crippen LogP contribution < -0.4 is 10.5 Å². The van der Waals surface area contributed by atoms with Crippen molar-refractivity contribution in [3.8, 4) is 5.75 Å². The van der Waals surface area contributed by atoms with E-state index in [0.717, 1.165) is 44.4 Å². The van der Waals surface area contributed by atoms with E-state index >= 15 is 0 Å². The molecule has 4 nitrogen and oxygen atoms in total. The van der Waals surface area contributed by atoms with Crippen molar-refractivity contribution >= 4 is 18.3 Å². The van der Waals surface area contributed by atoms with Crippen molar-refractivity contribution in [2.24, 2.45) is 11.7 Å². The lowest BCUT2D eigenvalue weighted by Gasteiger charge is -2.21. The van der Waals surface area contributed by atoms with Crippen LogP contribution in [0.25, 0.3) is 0 Å². The van der Waals surface area contributed by atoms with E-state index in [4.69, 9.17) is 10.5 Å².